The van der Waals surface area contributed by atoms with E-state index in [-0.39, 0.29) is 17.3 Å². The smallest absolute Gasteiger partial charge is 0.258 e. The average Bonchev–Trinajstić information content (AvgIpc) is 3.04. The van der Waals surface area contributed by atoms with Gasteiger partial charge in [0.15, 0.2) is 5.82 Å². The van der Waals surface area contributed by atoms with Gasteiger partial charge in [0.25, 0.3) is 5.89 Å². The second-order valence-electron chi connectivity index (χ2n) is 6.05. The summed E-state index contributed by atoms with van der Waals surface area (Å²) in [6.07, 6.45) is 2.72. The number of sulfonamides is 1. The fourth-order valence-electron chi connectivity index (χ4n) is 2.83. The van der Waals surface area contributed by atoms with E-state index in [1.807, 2.05) is 13.8 Å². The van der Waals surface area contributed by atoms with E-state index >= 15 is 0 Å². The Bertz CT molecular complexity index is 829. The molecule has 25 heavy (non-hydrogen) atoms. The summed E-state index contributed by atoms with van der Waals surface area (Å²) in [7, 11) is -3.53. The van der Waals surface area contributed by atoms with Crippen molar-refractivity contribution in [2.75, 3.05) is 13.1 Å². The Hall–Kier alpha value is -1.48. The van der Waals surface area contributed by atoms with E-state index in [0.29, 0.717) is 30.4 Å². The molecule has 1 saturated carbocycles. The summed E-state index contributed by atoms with van der Waals surface area (Å²) in [5.74, 6) is 0.777. The molecule has 0 bridgehead atoms. The van der Waals surface area contributed by atoms with E-state index in [2.05, 4.69) is 10.1 Å². The number of nitrogens with zero attached hydrogens (tertiary/aromatic N) is 3. The highest BCUT2D eigenvalue weighted by molar-refractivity contribution is 7.89. The molecule has 0 aliphatic heterocycles. The molecular weight excluding hydrogens is 364 g/mol. The maximum atomic E-state index is 12.6. The van der Waals surface area contributed by atoms with Gasteiger partial charge in [0.1, 0.15) is 0 Å². The Balaban J connectivity index is 0.00000225. The maximum Gasteiger partial charge on any atom is 0.258 e. The summed E-state index contributed by atoms with van der Waals surface area (Å²) in [5.41, 5.74) is 6.27. The third kappa shape index (κ3) is 3.57. The molecule has 7 nitrogen and oxygen atoms in total. The highest BCUT2D eigenvalue weighted by atomic mass is 35.5. The standard InChI is InChI=1S/C16H22N4O3S.ClH/c1-3-20(4-2)24(21,22)13-8-5-7-12(11-13)14-18-15(19-23-14)16(17)9-6-10-16;/h5,7-8,11H,3-4,6,9-10,17H2,1-2H3;1H. The van der Waals surface area contributed by atoms with Gasteiger partial charge in [0, 0.05) is 18.7 Å². The fourth-order valence-corrected chi connectivity index (χ4v) is 4.33. The van der Waals surface area contributed by atoms with Crippen molar-refractivity contribution in [1.82, 2.24) is 14.4 Å². The Morgan fingerprint density at radius 3 is 2.52 bits per heavy atom. The lowest BCUT2D eigenvalue weighted by atomic mass is 9.77. The molecule has 0 amide bonds. The van der Waals surface area contributed by atoms with Gasteiger partial charge in [-0.2, -0.15) is 9.29 Å². The van der Waals surface area contributed by atoms with Gasteiger partial charge in [-0.1, -0.05) is 25.1 Å². The van der Waals surface area contributed by atoms with Crippen LogP contribution < -0.4 is 5.73 Å². The summed E-state index contributed by atoms with van der Waals surface area (Å²) in [4.78, 5) is 4.59. The summed E-state index contributed by atoms with van der Waals surface area (Å²) in [6, 6.07) is 6.57. The minimum absolute atomic E-state index is 0. The molecule has 1 fully saturated rings. The molecule has 0 radical (unpaired) electrons. The van der Waals surface area contributed by atoms with Gasteiger partial charge in [0.2, 0.25) is 10.0 Å². The van der Waals surface area contributed by atoms with E-state index in [9.17, 15) is 8.42 Å². The van der Waals surface area contributed by atoms with Crippen LogP contribution in [-0.4, -0.2) is 36.0 Å². The summed E-state index contributed by atoms with van der Waals surface area (Å²) in [5, 5.41) is 3.97. The van der Waals surface area contributed by atoms with Crippen molar-refractivity contribution in [2.45, 2.75) is 43.5 Å². The van der Waals surface area contributed by atoms with Gasteiger partial charge in [0.05, 0.1) is 10.4 Å². The minimum Gasteiger partial charge on any atom is -0.334 e. The van der Waals surface area contributed by atoms with Crippen molar-refractivity contribution in [1.29, 1.82) is 0 Å². The van der Waals surface area contributed by atoms with Crippen LogP contribution >= 0.6 is 12.4 Å². The molecule has 2 aromatic rings. The SMILES string of the molecule is CCN(CC)S(=O)(=O)c1cccc(-c2nc(C3(N)CCC3)no2)c1.Cl. The van der Waals surface area contributed by atoms with Gasteiger partial charge < -0.3 is 10.3 Å². The Morgan fingerprint density at radius 1 is 1.28 bits per heavy atom. The van der Waals surface area contributed by atoms with E-state index in [4.69, 9.17) is 10.3 Å². The van der Waals surface area contributed by atoms with E-state index in [1.165, 1.54) is 4.31 Å². The second kappa shape index (κ2) is 7.41. The van der Waals surface area contributed by atoms with Crippen molar-refractivity contribution in [3.63, 3.8) is 0 Å². The molecule has 1 aliphatic rings. The first-order valence-corrected chi connectivity index (χ1v) is 9.58. The van der Waals surface area contributed by atoms with Gasteiger partial charge in [-0.15, -0.1) is 12.4 Å². The number of hydrogen-bond donors (Lipinski definition) is 1. The lowest BCUT2D eigenvalue weighted by molar-refractivity contribution is 0.229. The van der Waals surface area contributed by atoms with Crippen LogP contribution in [0.25, 0.3) is 11.5 Å². The molecule has 1 heterocycles. The average molecular weight is 387 g/mol. The first-order valence-electron chi connectivity index (χ1n) is 8.14. The summed E-state index contributed by atoms with van der Waals surface area (Å²) < 4.78 is 32.0. The quantitative estimate of drug-likeness (QED) is 0.818. The Morgan fingerprint density at radius 2 is 1.96 bits per heavy atom. The second-order valence-corrected chi connectivity index (χ2v) is 7.99. The van der Waals surface area contributed by atoms with Gasteiger partial charge in [-0.3, -0.25) is 0 Å². The molecule has 0 unspecified atom stereocenters. The first kappa shape index (κ1) is 19.8. The number of nitrogens with two attached hydrogens (primary N) is 1. The fraction of sp³-hybridized carbons (Fsp3) is 0.500. The van der Waals surface area contributed by atoms with Crippen LogP contribution in [0.4, 0.5) is 0 Å². The van der Waals surface area contributed by atoms with Gasteiger partial charge >= 0.3 is 0 Å². The molecule has 1 aromatic carbocycles. The summed E-state index contributed by atoms with van der Waals surface area (Å²) >= 11 is 0. The largest absolute Gasteiger partial charge is 0.334 e. The van der Waals surface area contributed by atoms with Crippen LogP contribution in [0, 0.1) is 0 Å². The van der Waals surface area contributed by atoms with Gasteiger partial charge in [-0.05, 0) is 37.5 Å². The zero-order valence-corrected chi connectivity index (χ0v) is 15.9. The third-order valence-corrected chi connectivity index (χ3v) is 6.59. The Labute approximate surface area is 154 Å². The number of aromatic nitrogens is 2. The molecular formula is C16H23ClN4O3S. The lowest BCUT2D eigenvalue weighted by Crippen LogP contribution is -2.44. The Kier molecular flexibility index (Phi) is 5.88. The summed E-state index contributed by atoms with van der Waals surface area (Å²) in [6.45, 7) is 4.47. The van der Waals surface area contributed by atoms with Crippen molar-refractivity contribution in [3.05, 3.63) is 30.1 Å². The minimum atomic E-state index is -3.53. The van der Waals surface area contributed by atoms with Crippen LogP contribution in [0.15, 0.2) is 33.7 Å². The van der Waals surface area contributed by atoms with Crippen LogP contribution in [0.2, 0.25) is 0 Å². The van der Waals surface area contributed by atoms with Crippen molar-refractivity contribution >= 4 is 22.4 Å². The zero-order chi connectivity index (χ0) is 17.4. The molecule has 138 valence electrons. The predicted octanol–water partition coefficient (Wildman–Crippen LogP) is 2.53. The number of benzene rings is 1. The van der Waals surface area contributed by atoms with Crippen molar-refractivity contribution in [2.24, 2.45) is 5.73 Å². The van der Waals surface area contributed by atoms with Crippen molar-refractivity contribution in [3.8, 4) is 11.5 Å². The lowest BCUT2D eigenvalue weighted by Gasteiger charge is -2.34. The highest BCUT2D eigenvalue weighted by Crippen LogP contribution is 2.37. The predicted molar refractivity (Wildman–Crippen MR) is 96.8 cm³/mol. The maximum absolute atomic E-state index is 12.6. The molecule has 3 rings (SSSR count). The molecule has 0 saturated heterocycles. The number of hydrogen-bond acceptors (Lipinski definition) is 6. The highest BCUT2D eigenvalue weighted by Gasteiger charge is 2.39. The molecule has 2 N–H and O–H groups in total. The van der Waals surface area contributed by atoms with Crippen LogP contribution in [-0.2, 0) is 15.6 Å². The molecule has 1 aromatic heterocycles. The molecule has 0 atom stereocenters. The van der Waals surface area contributed by atoms with Crippen molar-refractivity contribution < 1.29 is 12.9 Å². The van der Waals surface area contributed by atoms with E-state index in [1.54, 1.807) is 24.3 Å². The first-order chi connectivity index (χ1) is 11.4. The third-order valence-electron chi connectivity index (χ3n) is 4.54. The molecule has 0 spiro atoms. The van der Waals surface area contributed by atoms with Crippen LogP contribution in [0.1, 0.15) is 38.9 Å². The van der Waals surface area contributed by atoms with Crippen LogP contribution in [0.5, 0.6) is 0 Å². The zero-order valence-electron chi connectivity index (χ0n) is 14.3. The molecule has 9 heteroatoms. The normalized spacial score (nSPS) is 16.3. The van der Waals surface area contributed by atoms with Gasteiger partial charge in [-0.25, -0.2) is 8.42 Å². The topological polar surface area (TPSA) is 102 Å². The molecule has 1 aliphatic carbocycles. The van der Waals surface area contributed by atoms with E-state index in [0.717, 1.165) is 19.3 Å². The monoisotopic (exact) mass is 386 g/mol. The number of halogens is 1. The number of rotatable bonds is 6. The van der Waals surface area contributed by atoms with E-state index < -0.39 is 15.6 Å². The van der Waals surface area contributed by atoms with Crippen LogP contribution in [0.3, 0.4) is 0 Å².